The van der Waals surface area contributed by atoms with E-state index in [2.05, 4.69) is 9.46 Å². The number of nitrogen functional groups attached to an aromatic ring is 1. The topological polar surface area (TPSA) is 98.5 Å². The van der Waals surface area contributed by atoms with Gasteiger partial charge < -0.3 is 10.5 Å². The van der Waals surface area contributed by atoms with Gasteiger partial charge in [0.25, 0.3) is 0 Å². The molecule has 0 spiro atoms. The van der Waals surface area contributed by atoms with E-state index in [0.29, 0.717) is 6.42 Å². The summed E-state index contributed by atoms with van der Waals surface area (Å²) in [5.41, 5.74) is 5.75. The molecule has 0 saturated carbocycles. The largest absolute Gasteiger partial charge is 0.468 e. The van der Waals surface area contributed by atoms with Gasteiger partial charge in [-0.25, -0.2) is 8.42 Å². The second kappa shape index (κ2) is 7.11. The van der Waals surface area contributed by atoms with Crippen molar-refractivity contribution in [3.8, 4) is 0 Å². The monoisotopic (exact) mass is 334 g/mol. The minimum atomic E-state index is -3.89. The number of anilines is 1. The molecule has 0 aliphatic rings. The number of carbonyl (C=O) groups excluding carboxylic acids is 1. The Bertz CT molecular complexity index is 617. The Morgan fingerprint density at radius 3 is 2.52 bits per heavy atom. The standard InChI is InChI=1S/C13H19ClN2O4S/c1-8(2)6-12(13(17)20-3)16-21(18,19)9-4-5-10(14)11(15)7-9/h4-5,7-8,12,16H,6,15H2,1-3H3. The van der Waals surface area contributed by atoms with E-state index in [9.17, 15) is 13.2 Å². The maximum atomic E-state index is 12.3. The summed E-state index contributed by atoms with van der Waals surface area (Å²) in [6, 6.07) is 3.01. The number of halogens is 1. The van der Waals surface area contributed by atoms with Crippen LogP contribution in [0.3, 0.4) is 0 Å². The van der Waals surface area contributed by atoms with Crippen LogP contribution in [0.15, 0.2) is 23.1 Å². The van der Waals surface area contributed by atoms with Crippen LogP contribution in [0.5, 0.6) is 0 Å². The molecule has 8 heteroatoms. The molecule has 0 radical (unpaired) electrons. The van der Waals surface area contributed by atoms with E-state index in [1.165, 1.54) is 25.3 Å². The molecule has 0 amide bonds. The maximum absolute atomic E-state index is 12.3. The minimum Gasteiger partial charge on any atom is -0.468 e. The van der Waals surface area contributed by atoms with Crippen molar-refractivity contribution in [1.29, 1.82) is 0 Å². The van der Waals surface area contributed by atoms with Crippen molar-refractivity contribution >= 4 is 33.3 Å². The molecular weight excluding hydrogens is 316 g/mol. The second-order valence-electron chi connectivity index (χ2n) is 5.01. The number of benzene rings is 1. The van der Waals surface area contributed by atoms with Crippen LogP contribution in [0.25, 0.3) is 0 Å². The van der Waals surface area contributed by atoms with Gasteiger partial charge in [0, 0.05) is 0 Å². The predicted octanol–water partition coefficient (Wildman–Crippen LogP) is 1.79. The Balaban J connectivity index is 3.05. The van der Waals surface area contributed by atoms with Gasteiger partial charge in [0.1, 0.15) is 6.04 Å². The lowest BCUT2D eigenvalue weighted by molar-refractivity contribution is -0.143. The lowest BCUT2D eigenvalue weighted by Gasteiger charge is -2.18. The van der Waals surface area contributed by atoms with Gasteiger partial charge in [-0.2, -0.15) is 4.72 Å². The number of hydrogen-bond acceptors (Lipinski definition) is 5. The molecule has 1 rings (SSSR count). The van der Waals surface area contributed by atoms with E-state index < -0.39 is 22.0 Å². The molecule has 0 aliphatic heterocycles. The molecule has 0 saturated heterocycles. The van der Waals surface area contributed by atoms with Gasteiger partial charge in [0.2, 0.25) is 10.0 Å². The van der Waals surface area contributed by atoms with Crippen molar-refractivity contribution in [3.63, 3.8) is 0 Å². The number of ether oxygens (including phenoxy) is 1. The molecule has 6 nitrogen and oxygen atoms in total. The minimum absolute atomic E-state index is 0.0536. The molecule has 1 aromatic rings. The molecule has 118 valence electrons. The third-order valence-corrected chi connectivity index (χ3v) is 4.58. The second-order valence-corrected chi connectivity index (χ2v) is 7.13. The summed E-state index contributed by atoms with van der Waals surface area (Å²) >= 11 is 5.76. The average Bonchev–Trinajstić information content (AvgIpc) is 2.39. The third-order valence-electron chi connectivity index (χ3n) is 2.77. The summed E-state index contributed by atoms with van der Waals surface area (Å²) in [5.74, 6) is -0.513. The molecule has 0 heterocycles. The maximum Gasteiger partial charge on any atom is 0.323 e. The van der Waals surface area contributed by atoms with Crippen LogP contribution in [0.2, 0.25) is 5.02 Å². The fraction of sp³-hybridized carbons (Fsp3) is 0.462. The number of rotatable bonds is 6. The number of nitrogens with two attached hydrogens (primary N) is 1. The third kappa shape index (κ3) is 4.87. The number of carbonyl (C=O) groups is 1. The van der Waals surface area contributed by atoms with Crippen molar-refractivity contribution in [1.82, 2.24) is 4.72 Å². The summed E-state index contributed by atoms with van der Waals surface area (Å²) < 4.78 is 31.5. The molecule has 0 aliphatic carbocycles. The molecule has 0 aromatic heterocycles. The summed E-state index contributed by atoms with van der Waals surface area (Å²) in [4.78, 5) is 11.6. The normalized spacial score (nSPS) is 13.2. The number of sulfonamides is 1. The smallest absolute Gasteiger partial charge is 0.323 e. The fourth-order valence-corrected chi connectivity index (χ4v) is 3.10. The first-order chi connectivity index (χ1) is 9.67. The average molecular weight is 335 g/mol. The van der Waals surface area contributed by atoms with E-state index in [4.69, 9.17) is 17.3 Å². The van der Waals surface area contributed by atoms with Crippen molar-refractivity contribution in [2.75, 3.05) is 12.8 Å². The summed E-state index contributed by atoms with van der Waals surface area (Å²) in [7, 11) is -2.68. The van der Waals surface area contributed by atoms with Crippen LogP contribution in [0, 0.1) is 5.92 Å². The summed E-state index contributed by atoms with van der Waals surface area (Å²) in [5, 5.41) is 0.264. The highest BCUT2D eigenvalue weighted by molar-refractivity contribution is 7.89. The SMILES string of the molecule is COC(=O)C(CC(C)C)NS(=O)(=O)c1ccc(Cl)c(N)c1. The van der Waals surface area contributed by atoms with Crippen LogP contribution in [0.4, 0.5) is 5.69 Å². The van der Waals surface area contributed by atoms with E-state index >= 15 is 0 Å². The van der Waals surface area contributed by atoms with E-state index in [1.54, 1.807) is 0 Å². The van der Waals surface area contributed by atoms with Crippen molar-refractivity contribution < 1.29 is 17.9 Å². The van der Waals surface area contributed by atoms with Crippen molar-refractivity contribution in [2.45, 2.75) is 31.2 Å². The summed E-state index contributed by atoms with van der Waals surface area (Å²) in [6.07, 6.45) is 0.328. The quantitative estimate of drug-likeness (QED) is 0.610. The fourth-order valence-electron chi connectivity index (χ4n) is 1.75. The van der Waals surface area contributed by atoms with Gasteiger partial charge in [-0.05, 0) is 30.5 Å². The Labute approximate surface area is 129 Å². The van der Waals surface area contributed by atoms with Gasteiger partial charge in [-0.3, -0.25) is 4.79 Å². The van der Waals surface area contributed by atoms with Crippen molar-refractivity contribution in [3.05, 3.63) is 23.2 Å². The zero-order chi connectivity index (χ0) is 16.2. The molecule has 1 atom stereocenters. The first-order valence-electron chi connectivity index (χ1n) is 6.32. The Morgan fingerprint density at radius 1 is 1.43 bits per heavy atom. The lowest BCUT2D eigenvalue weighted by Crippen LogP contribution is -2.42. The molecular formula is C13H19ClN2O4S. The molecule has 1 unspecified atom stereocenters. The van der Waals surface area contributed by atoms with Crippen LogP contribution in [-0.2, 0) is 19.6 Å². The van der Waals surface area contributed by atoms with Crippen LogP contribution >= 0.6 is 11.6 Å². The first kappa shape index (κ1) is 17.7. The van der Waals surface area contributed by atoms with E-state index in [1.807, 2.05) is 13.8 Å². The van der Waals surface area contributed by atoms with Gasteiger partial charge in [-0.1, -0.05) is 25.4 Å². The molecule has 0 bridgehead atoms. The first-order valence-corrected chi connectivity index (χ1v) is 8.18. The van der Waals surface area contributed by atoms with Crippen LogP contribution < -0.4 is 10.5 Å². The van der Waals surface area contributed by atoms with Gasteiger partial charge in [-0.15, -0.1) is 0 Å². The van der Waals surface area contributed by atoms with Gasteiger partial charge >= 0.3 is 5.97 Å². The summed E-state index contributed by atoms with van der Waals surface area (Å²) in [6.45, 7) is 3.76. The molecule has 1 aromatic carbocycles. The van der Waals surface area contributed by atoms with Crippen LogP contribution in [0.1, 0.15) is 20.3 Å². The predicted molar refractivity (Wildman–Crippen MR) is 81.4 cm³/mol. The lowest BCUT2D eigenvalue weighted by atomic mass is 10.1. The molecule has 3 N–H and O–H groups in total. The number of hydrogen-bond donors (Lipinski definition) is 2. The zero-order valence-corrected chi connectivity index (χ0v) is 13.7. The molecule has 0 fully saturated rings. The number of nitrogens with one attached hydrogen (secondary N) is 1. The Morgan fingerprint density at radius 2 is 2.05 bits per heavy atom. The van der Waals surface area contributed by atoms with Gasteiger partial charge in [0.15, 0.2) is 0 Å². The Kier molecular flexibility index (Phi) is 6.00. The van der Waals surface area contributed by atoms with Gasteiger partial charge in [0.05, 0.1) is 22.7 Å². The van der Waals surface area contributed by atoms with Crippen LogP contribution in [-0.4, -0.2) is 27.5 Å². The number of esters is 1. The Hall–Kier alpha value is -1.31. The highest BCUT2D eigenvalue weighted by atomic mass is 35.5. The zero-order valence-electron chi connectivity index (χ0n) is 12.1. The van der Waals surface area contributed by atoms with E-state index in [0.717, 1.165) is 0 Å². The van der Waals surface area contributed by atoms with E-state index in [-0.39, 0.29) is 21.5 Å². The highest BCUT2D eigenvalue weighted by Crippen LogP contribution is 2.22. The highest BCUT2D eigenvalue weighted by Gasteiger charge is 2.27. The van der Waals surface area contributed by atoms with Crippen molar-refractivity contribution in [2.24, 2.45) is 5.92 Å². The number of methoxy groups -OCH3 is 1. The molecule has 21 heavy (non-hydrogen) atoms.